The molecule has 2 unspecified atom stereocenters. The van der Waals surface area contributed by atoms with Crippen molar-refractivity contribution in [1.82, 2.24) is 9.80 Å². The fourth-order valence-corrected chi connectivity index (χ4v) is 3.09. The second kappa shape index (κ2) is 6.18. The Morgan fingerprint density at radius 2 is 2.21 bits per heavy atom. The molecule has 2 N–H and O–H groups in total. The molecular formula is C14H21ClFN3. The summed E-state index contributed by atoms with van der Waals surface area (Å²) < 4.78 is 13.1. The minimum atomic E-state index is -0.297. The first-order valence-corrected chi connectivity index (χ1v) is 7.00. The van der Waals surface area contributed by atoms with Gasteiger partial charge in [0.05, 0.1) is 0 Å². The summed E-state index contributed by atoms with van der Waals surface area (Å²) in [5.41, 5.74) is 6.84. The number of nitrogens with zero attached hydrogens (tertiary/aromatic N) is 2. The quantitative estimate of drug-likeness (QED) is 0.923. The molecule has 0 amide bonds. The minimum Gasteiger partial charge on any atom is -0.329 e. The van der Waals surface area contributed by atoms with Gasteiger partial charge in [-0.1, -0.05) is 17.7 Å². The lowest BCUT2D eigenvalue weighted by Gasteiger charge is -2.43. The molecule has 19 heavy (non-hydrogen) atoms. The summed E-state index contributed by atoms with van der Waals surface area (Å²) in [5, 5.41) is 0.488. The van der Waals surface area contributed by atoms with Crippen LogP contribution >= 0.6 is 11.6 Å². The summed E-state index contributed by atoms with van der Waals surface area (Å²) in [6, 6.07) is 5.07. The van der Waals surface area contributed by atoms with Crippen molar-refractivity contribution in [1.29, 1.82) is 0 Å². The molecule has 1 heterocycles. The Balaban J connectivity index is 2.20. The average molecular weight is 286 g/mol. The van der Waals surface area contributed by atoms with Gasteiger partial charge < -0.3 is 10.6 Å². The van der Waals surface area contributed by atoms with Crippen LogP contribution < -0.4 is 5.73 Å². The fraction of sp³-hybridized carbons (Fsp3) is 0.571. The average Bonchev–Trinajstić information content (AvgIpc) is 2.37. The summed E-state index contributed by atoms with van der Waals surface area (Å²) in [5.74, 6) is -0.297. The number of hydrogen-bond donors (Lipinski definition) is 1. The van der Waals surface area contributed by atoms with Crippen LogP contribution in [0.15, 0.2) is 18.2 Å². The Kier molecular flexibility index (Phi) is 4.79. The van der Waals surface area contributed by atoms with E-state index in [-0.39, 0.29) is 11.9 Å². The molecule has 0 saturated carbocycles. The van der Waals surface area contributed by atoms with Crippen molar-refractivity contribution in [3.8, 4) is 0 Å². The van der Waals surface area contributed by atoms with Gasteiger partial charge in [0.2, 0.25) is 0 Å². The van der Waals surface area contributed by atoms with Crippen molar-refractivity contribution in [2.45, 2.75) is 19.0 Å². The second-order valence-electron chi connectivity index (χ2n) is 5.23. The zero-order valence-electron chi connectivity index (χ0n) is 11.4. The molecule has 0 bridgehead atoms. The topological polar surface area (TPSA) is 32.5 Å². The summed E-state index contributed by atoms with van der Waals surface area (Å²) in [4.78, 5) is 4.64. The molecule has 0 radical (unpaired) electrons. The SMILES string of the molecule is CC(c1ccc(F)cc1Cl)N1CCN(C)CC1CN. The van der Waals surface area contributed by atoms with Crippen molar-refractivity contribution in [3.63, 3.8) is 0 Å². The molecule has 3 nitrogen and oxygen atoms in total. The van der Waals surface area contributed by atoms with Crippen molar-refractivity contribution in [2.75, 3.05) is 33.2 Å². The fourth-order valence-electron chi connectivity index (χ4n) is 2.76. The maximum Gasteiger partial charge on any atom is 0.124 e. The molecular weight excluding hydrogens is 265 g/mol. The van der Waals surface area contributed by atoms with Gasteiger partial charge in [-0.2, -0.15) is 0 Å². The molecule has 1 fully saturated rings. The van der Waals surface area contributed by atoms with E-state index >= 15 is 0 Å². The molecule has 1 aromatic carbocycles. The molecule has 1 saturated heterocycles. The standard InChI is InChI=1S/C14H21ClFN3/c1-10(13-4-3-11(16)7-14(13)15)19-6-5-18(2)9-12(19)8-17/h3-4,7,10,12H,5-6,8-9,17H2,1-2H3. The Morgan fingerprint density at radius 1 is 1.47 bits per heavy atom. The van der Waals surface area contributed by atoms with E-state index in [4.69, 9.17) is 17.3 Å². The van der Waals surface area contributed by atoms with E-state index in [0.29, 0.717) is 17.6 Å². The molecule has 0 aromatic heterocycles. The van der Waals surface area contributed by atoms with Gasteiger partial charge in [0.1, 0.15) is 5.82 Å². The molecule has 106 valence electrons. The summed E-state index contributed by atoms with van der Waals surface area (Å²) in [6.07, 6.45) is 0. The summed E-state index contributed by atoms with van der Waals surface area (Å²) in [7, 11) is 2.11. The van der Waals surface area contributed by atoms with Gasteiger partial charge in [-0.05, 0) is 31.7 Å². The third-order valence-electron chi connectivity index (χ3n) is 3.91. The number of nitrogens with two attached hydrogens (primary N) is 1. The van der Waals surface area contributed by atoms with Crippen molar-refractivity contribution in [3.05, 3.63) is 34.6 Å². The van der Waals surface area contributed by atoms with E-state index in [2.05, 4.69) is 23.8 Å². The Bertz CT molecular complexity index is 441. The lowest BCUT2D eigenvalue weighted by Crippen LogP contribution is -2.55. The molecule has 2 atom stereocenters. The number of hydrogen-bond acceptors (Lipinski definition) is 3. The van der Waals surface area contributed by atoms with E-state index in [9.17, 15) is 4.39 Å². The van der Waals surface area contributed by atoms with E-state index < -0.39 is 0 Å². The van der Waals surface area contributed by atoms with Crippen LogP contribution in [0.25, 0.3) is 0 Å². The largest absolute Gasteiger partial charge is 0.329 e. The molecule has 1 aromatic rings. The van der Waals surface area contributed by atoms with Gasteiger partial charge in [-0.3, -0.25) is 4.90 Å². The highest BCUT2D eigenvalue weighted by molar-refractivity contribution is 6.31. The maximum atomic E-state index is 13.1. The van der Waals surface area contributed by atoms with Crippen LogP contribution in [0, 0.1) is 5.82 Å². The second-order valence-corrected chi connectivity index (χ2v) is 5.64. The van der Waals surface area contributed by atoms with Gasteiger partial charge >= 0.3 is 0 Å². The van der Waals surface area contributed by atoms with Crippen LogP contribution in [0.5, 0.6) is 0 Å². The van der Waals surface area contributed by atoms with Crippen molar-refractivity contribution >= 4 is 11.6 Å². The number of likely N-dealkylation sites (N-methyl/N-ethyl adjacent to an activating group) is 1. The first-order chi connectivity index (χ1) is 9.02. The summed E-state index contributed by atoms with van der Waals surface area (Å²) in [6.45, 7) is 5.65. The van der Waals surface area contributed by atoms with Gasteiger partial charge in [0.15, 0.2) is 0 Å². The maximum absolute atomic E-state index is 13.1. The highest BCUT2D eigenvalue weighted by atomic mass is 35.5. The van der Waals surface area contributed by atoms with Crippen LogP contribution in [-0.4, -0.2) is 49.1 Å². The van der Waals surface area contributed by atoms with Gasteiger partial charge in [-0.15, -0.1) is 0 Å². The Hall–Kier alpha value is -0.680. The van der Waals surface area contributed by atoms with Crippen molar-refractivity contribution < 1.29 is 4.39 Å². The van der Waals surface area contributed by atoms with Gasteiger partial charge in [-0.25, -0.2) is 4.39 Å². The zero-order chi connectivity index (χ0) is 14.0. The van der Waals surface area contributed by atoms with E-state index in [1.807, 2.05) is 0 Å². The molecule has 5 heteroatoms. The predicted molar refractivity (Wildman–Crippen MR) is 76.9 cm³/mol. The minimum absolute atomic E-state index is 0.148. The highest BCUT2D eigenvalue weighted by Gasteiger charge is 2.29. The third-order valence-corrected chi connectivity index (χ3v) is 4.24. The van der Waals surface area contributed by atoms with Crippen LogP contribution in [-0.2, 0) is 0 Å². The lowest BCUT2D eigenvalue weighted by atomic mass is 10.0. The van der Waals surface area contributed by atoms with Crippen LogP contribution in [0.4, 0.5) is 4.39 Å². The molecule has 0 aliphatic carbocycles. The van der Waals surface area contributed by atoms with Crippen LogP contribution in [0.3, 0.4) is 0 Å². The van der Waals surface area contributed by atoms with Gasteiger partial charge in [0.25, 0.3) is 0 Å². The smallest absolute Gasteiger partial charge is 0.124 e. The van der Waals surface area contributed by atoms with Gasteiger partial charge in [0, 0.05) is 43.3 Å². The lowest BCUT2D eigenvalue weighted by molar-refractivity contribution is 0.0621. The van der Waals surface area contributed by atoms with E-state index in [1.165, 1.54) is 12.1 Å². The van der Waals surface area contributed by atoms with Crippen LogP contribution in [0.2, 0.25) is 5.02 Å². The normalized spacial score (nSPS) is 23.5. The first kappa shape index (κ1) is 14.7. The number of halogens is 2. The predicted octanol–water partition coefficient (Wildman–Crippen LogP) is 2.11. The monoisotopic (exact) mass is 285 g/mol. The molecule has 2 rings (SSSR count). The Morgan fingerprint density at radius 3 is 2.84 bits per heavy atom. The summed E-state index contributed by atoms with van der Waals surface area (Å²) >= 11 is 6.15. The van der Waals surface area contributed by atoms with E-state index in [0.717, 1.165) is 25.2 Å². The van der Waals surface area contributed by atoms with Crippen molar-refractivity contribution in [2.24, 2.45) is 5.73 Å². The van der Waals surface area contributed by atoms with Crippen LogP contribution in [0.1, 0.15) is 18.5 Å². The molecule has 1 aliphatic heterocycles. The number of piperazine rings is 1. The highest BCUT2D eigenvalue weighted by Crippen LogP contribution is 2.30. The number of benzene rings is 1. The zero-order valence-corrected chi connectivity index (χ0v) is 12.2. The Labute approximate surface area is 119 Å². The first-order valence-electron chi connectivity index (χ1n) is 6.62. The molecule has 1 aliphatic rings. The number of rotatable bonds is 3. The van der Waals surface area contributed by atoms with E-state index in [1.54, 1.807) is 6.07 Å². The third kappa shape index (κ3) is 3.26. The molecule has 0 spiro atoms.